The molecule has 204 valence electrons. The number of methoxy groups -OCH3 is 1. The fourth-order valence-electron chi connectivity index (χ4n) is 3.83. The first-order chi connectivity index (χ1) is 17.7. The molecule has 38 heavy (non-hydrogen) atoms. The molecule has 0 spiro atoms. The van der Waals surface area contributed by atoms with Crippen LogP contribution in [0.15, 0.2) is 81.4 Å². The fraction of sp³-hybridized carbons (Fsp3) is 0.296. The summed E-state index contributed by atoms with van der Waals surface area (Å²) in [6, 6.07) is 23.0. The Morgan fingerprint density at radius 3 is 1.89 bits per heavy atom. The first-order valence-electron chi connectivity index (χ1n) is 11.6. The summed E-state index contributed by atoms with van der Waals surface area (Å²) in [5, 5.41) is 0. The topological polar surface area (TPSA) is 92.7 Å². The molecule has 0 fully saturated rings. The molecule has 0 amide bonds. The number of ether oxygens (including phenoxy) is 2. The number of esters is 1. The lowest BCUT2D eigenvalue weighted by Gasteiger charge is -2.22. The molecular formula is C27H27F3O6S2. The Bertz CT molecular complexity index is 1360. The number of carbonyl (C=O) groups is 1. The van der Waals surface area contributed by atoms with Crippen LogP contribution >= 0.6 is 0 Å². The molecule has 4 rings (SSSR count). The molecule has 1 aliphatic heterocycles. The number of benzene rings is 3. The minimum Gasteiger partial charge on any atom is -0.741 e. The van der Waals surface area contributed by atoms with Gasteiger partial charge in [-0.25, -0.2) is 8.42 Å². The summed E-state index contributed by atoms with van der Waals surface area (Å²) in [4.78, 5) is 15.9. The number of hydrogen-bond acceptors (Lipinski definition) is 6. The third-order valence-electron chi connectivity index (χ3n) is 5.64. The lowest BCUT2D eigenvalue weighted by Crippen LogP contribution is -2.21. The van der Waals surface area contributed by atoms with Crippen LogP contribution in [-0.4, -0.2) is 31.6 Å². The van der Waals surface area contributed by atoms with E-state index in [-0.39, 0.29) is 22.8 Å². The van der Waals surface area contributed by atoms with Gasteiger partial charge < -0.3 is 14.0 Å². The van der Waals surface area contributed by atoms with Crippen LogP contribution in [0.25, 0.3) is 0 Å². The normalized spacial score (nSPS) is 13.9. The summed E-state index contributed by atoms with van der Waals surface area (Å²) in [6.45, 7) is 6.38. The number of carbonyl (C=O) groups excluding carboxylic acids is 1. The van der Waals surface area contributed by atoms with E-state index in [0.29, 0.717) is 5.92 Å². The molecule has 1 atom stereocenters. The maximum absolute atomic E-state index is 12.2. The number of alkyl halides is 3. The fourth-order valence-corrected chi connectivity index (χ4v) is 6.26. The van der Waals surface area contributed by atoms with E-state index in [4.69, 9.17) is 22.4 Å². The van der Waals surface area contributed by atoms with Crippen molar-refractivity contribution in [3.8, 4) is 11.5 Å². The molecule has 3 aromatic rings. The van der Waals surface area contributed by atoms with Crippen LogP contribution in [0.5, 0.6) is 11.5 Å². The number of halogens is 3. The van der Waals surface area contributed by atoms with Crippen LogP contribution in [-0.2, 0) is 37.0 Å². The van der Waals surface area contributed by atoms with Gasteiger partial charge in [0.05, 0.1) is 13.0 Å². The molecule has 6 nitrogen and oxygen atoms in total. The first-order valence-corrected chi connectivity index (χ1v) is 14.2. The highest BCUT2D eigenvalue weighted by Crippen LogP contribution is 2.48. The third-order valence-corrected chi connectivity index (χ3v) is 8.58. The molecule has 0 aliphatic carbocycles. The minimum atomic E-state index is -6.09. The molecule has 1 unspecified atom stereocenters. The Morgan fingerprint density at radius 2 is 1.45 bits per heavy atom. The van der Waals surface area contributed by atoms with Gasteiger partial charge in [0.25, 0.3) is 0 Å². The van der Waals surface area contributed by atoms with Gasteiger partial charge in [-0.2, -0.15) is 13.2 Å². The van der Waals surface area contributed by atoms with Crippen molar-refractivity contribution in [1.82, 2.24) is 0 Å². The zero-order valence-corrected chi connectivity index (χ0v) is 22.7. The molecule has 3 aromatic carbocycles. The summed E-state index contributed by atoms with van der Waals surface area (Å²) in [5.74, 6) is 1.82. The maximum atomic E-state index is 12.2. The quantitative estimate of drug-likeness (QED) is 0.120. The highest BCUT2D eigenvalue weighted by Gasteiger charge is 2.41. The Balaban J connectivity index is 0.000000436. The average Bonchev–Trinajstić information content (AvgIpc) is 2.85. The van der Waals surface area contributed by atoms with Crippen molar-refractivity contribution in [2.24, 2.45) is 5.92 Å². The van der Waals surface area contributed by atoms with Gasteiger partial charge in [-0.1, -0.05) is 50.2 Å². The van der Waals surface area contributed by atoms with Crippen molar-refractivity contribution in [2.75, 3.05) is 7.11 Å². The van der Waals surface area contributed by atoms with Gasteiger partial charge >= 0.3 is 11.5 Å². The minimum absolute atomic E-state index is 0.214. The highest BCUT2D eigenvalue weighted by atomic mass is 32.2. The predicted octanol–water partition coefficient (Wildman–Crippen LogP) is 6.41. The van der Waals surface area contributed by atoms with Crippen molar-refractivity contribution < 1.29 is 40.4 Å². The SMILES string of the molecule is COC(=O)C(C)c1ccc(CC(C)C)c([S+]2c3ccccc3Oc3ccccc32)c1.O=S(=O)([O-])C(F)(F)F. The predicted molar refractivity (Wildman–Crippen MR) is 136 cm³/mol. The molecule has 1 aliphatic rings. The van der Waals surface area contributed by atoms with E-state index in [1.54, 1.807) is 0 Å². The zero-order valence-electron chi connectivity index (χ0n) is 21.1. The van der Waals surface area contributed by atoms with Crippen LogP contribution < -0.4 is 4.74 Å². The van der Waals surface area contributed by atoms with Crippen LogP contribution in [0.4, 0.5) is 13.2 Å². The Morgan fingerprint density at radius 1 is 0.947 bits per heavy atom. The summed E-state index contributed by atoms with van der Waals surface area (Å²) < 4.78 is 70.1. The van der Waals surface area contributed by atoms with Gasteiger partial charge in [-0.05, 0) is 55.2 Å². The second-order valence-corrected chi connectivity index (χ2v) is 12.2. The van der Waals surface area contributed by atoms with Gasteiger partial charge in [0.1, 0.15) is 10.9 Å². The largest absolute Gasteiger partial charge is 0.741 e. The van der Waals surface area contributed by atoms with Gasteiger partial charge in [0.15, 0.2) is 26.5 Å². The van der Waals surface area contributed by atoms with Gasteiger partial charge in [-0.3, -0.25) is 4.79 Å². The van der Waals surface area contributed by atoms with Gasteiger partial charge in [0, 0.05) is 5.56 Å². The Hall–Kier alpha value is -3.02. The molecule has 0 saturated heterocycles. The zero-order chi connectivity index (χ0) is 28.3. The smallest absolute Gasteiger partial charge is 0.485 e. The van der Waals surface area contributed by atoms with Crippen molar-refractivity contribution in [3.05, 3.63) is 77.9 Å². The van der Waals surface area contributed by atoms with E-state index >= 15 is 0 Å². The maximum Gasteiger partial charge on any atom is 0.485 e. The first kappa shape index (κ1) is 29.5. The lowest BCUT2D eigenvalue weighted by molar-refractivity contribution is -0.142. The summed E-state index contributed by atoms with van der Waals surface area (Å²) in [6.07, 6.45) is 0.983. The lowest BCUT2D eigenvalue weighted by atomic mass is 9.96. The van der Waals surface area contributed by atoms with Gasteiger partial charge in [-0.15, -0.1) is 0 Å². The van der Waals surface area contributed by atoms with Crippen molar-refractivity contribution >= 4 is 27.0 Å². The van der Waals surface area contributed by atoms with Crippen molar-refractivity contribution in [1.29, 1.82) is 0 Å². The van der Waals surface area contributed by atoms with Crippen LogP contribution in [0.3, 0.4) is 0 Å². The van der Waals surface area contributed by atoms with E-state index in [9.17, 15) is 18.0 Å². The van der Waals surface area contributed by atoms with E-state index in [2.05, 4.69) is 56.3 Å². The van der Waals surface area contributed by atoms with E-state index in [0.717, 1.165) is 23.5 Å². The monoisotopic (exact) mass is 568 g/mol. The standard InChI is InChI=1S/C26H27O3S.CHF3O3S/c1-17(2)15-20-14-13-19(18(3)26(27)28-4)16-25(20)30-23-11-7-5-9-21(23)29-22-10-6-8-12-24(22)30;2-1(3,4)8(5,6)7/h5-14,16-18H,15H2,1-4H3;(H,5,6,7)/q+1;/p-1. The van der Waals surface area contributed by atoms with Crippen molar-refractivity contribution in [3.63, 3.8) is 0 Å². The molecule has 11 heteroatoms. The van der Waals surface area contributed by atoms with Crippen molar-refractivity contribution in [2.45, 2.75) is 53.3 Å². The van der Waals surface area contributed by atoms with E-state index in [1.165, 1.54) is 27.4 Å². The molecular weight excluding hydrogens is 541 g/mol. The second-order valence-electron chi connectivity index (χ2n) is 8.91. The van der Waals surface area contributed by atoms with Crippen LogP contribution in [0.2, 0.25) is 0 Å². The third kappa shape index (κ3) is 6.69. The summed E-state index contributed by atoms with van der Waals surface area (Å²) in [7, 11) is -4.95. The number of para-hydroxylation sites is 2. The molecule has 0 saturated carbocycles. The summed E-state index contributed by atoms with van der Waals surface area (Å²) in [5.41, 5.74) is -3.34. The van der Waals surface area contributed by atoms with Crippen LogP contribution in [0, 0.1) is 5.92 Å². The van der Waals surface area contributed by atoms with Crippen LogP contribution in [0.1, 0.15) is 37.8 Å². The summed E-state index contributed by atoms with van der Waals surface area (Å²) >= 11 is 0. The Labute approximate surface area is 222 Å². The number of fused-ring (bicyclic) bond motifs is 2. The highest BCUT2D eigenvalue weighted by molar-refractivity contribution is 7.97. The molecule has 1 heterocycles. The van der Waals surface area contributed by atoms with E-state index in [1.807, 2.05) is 31.2 Å². The molecule has 0 aromatic heterocycles. The number of rotatable bonds is 5. The Kier molecular flexibility index (Phi) is 9.17. The van der Waals surface area contributed by atoms with Gasteiger partial charge in [0.2, 0.25) is 9.79 Å². The molecule has 0 N–H and O–H groups in total. The molecule has 0 radical (unpaired) electrons. The second kappa shape index (κ2) is 11.8. The number of hydrogen-bond donors (Lipinski definition) is 0. The van der Waals surface area contributed by atoms with E-state index < -0.39 is 15.6 Å². The molecule has 0 bridgehead atoms. The average molecular weight is 569 g/mol.